The van der Waals surface area contributed by atoms with E-state index in [-0.39, 0.29) is 6.04 Å². The highest BCUT2D eigenvalue weighted by atomic mass is 79.9. The molecule has 0 spiro atoms. The molecule has 1 aliphatic carbocycles. The fraction of sp³-hybridized carbons (Fsp3) is 0.455. The van der Waals surface area contributed by atoms with Gasteiger partial charge in [-0.15, -0.1) is 0 Å². The van der Waals surface area contributed by atoms with Gasteiger partial charge in [-0.25, -0.2) is 0 Å². The molecule has 1 fully saturated rings. The minimum Gasteiger partial charge on any atom is -0.324 e. The molecule has 70 valence electrons. The molecule has 1 aliphatic rings. The highest BCUT2D eigenvalue weighted by Crippen LogP contribution is 2.36. The van der Waals surface area contributed by atoms with E-state index in [9.17, 15) is 0 Å². The van der Waals surface area contributed by atoms with E-state index in [4.69, 9.17) is 5.73 Å². The standard InChI is InChI=1S/C11H14BrN/c12-10-6-4-9(5-7-10)11(13)8-2-1-3-8/h4-8,11H,1-3,13H2/t11-/m0/s1. The Labute approximate surface area is 87.5 Å². The first-order valence-electron chi connectivity index (χ1n) is 4.78. The lowest BCUT2D eigenvalue weighted by Gasteiger charge is -2.31. The third-order valence-corrected chi connectivity index (χ3v) is 3.44. The second-order valence-electron chi connectivity index (χ2n) is 3.77. The lowest BCUT2D eigenvalue weighted by molar-refractivity contribution is 0.264. The van der Waals surface area contributed by atoms with Crippen LogP contribution in [-0.2, 0) is 0 Å². The van der Waals surface area contributed by atoms with Crippen LogP contribution in [-0.4, -0.2) is 0 Å². The number of hydrogen-bond donors (Lipinski definition) is 1. The van der Waals surface area contributed by atoms with Crippen molar-refractivity contribution in [1.29, 1.82) is 0 Å². The molecule has 0 aromatic heterocycles. The number of hydrogen-bond acceptors (Lipinski definition) is 1. The molecular formula is C11H14BrN. The van der Waals surface area contributed by atoms with Crippen molar-refractivity contribution in [1.82, 2.24) is 0 Å². The number of benzene rings is 1. The second-order valence-corrected chi connectivity index (χ2v) is 4.68. The molecule has 0 bridgehead atoms. The van der Waals surface area contributed by atoms with E-state index in [1.807, 2.05) is 0 Å². The maximum Gasteiger partial charge on any atom is 0.0323 e. The first-order valence-corrected chi connectivity index (χ1v) is 5.58. The summed E-state index contributed by atoms with van der Waals surface area (Å²) in [6.45, 7) is 0. The van der Waals surface area contributed by atoms with Gasteiger partial charge in [-0.1, -0.05) is 34.5 Å². The molecular weight excluding hydrogens is 226 g/mol. The largest absolute Gasteiger partial charge is 0.324 e. The van der Waals surface area contributed by atoms with Crippen LogP contribution in [0.4, 0.5) is 0 Å². The summed E-state index contributed by atoms with van der Waals surface area (Å²) < 4.78 is 1.12. The van der Waals surface area contributed by atoms with Crippen LogP contribution in [0.3, 0.4) is 0 Å². The van der Waals surface area contributed by atoms with Gasteiger partial charge in [-0.2, -0.15) is 0 Å². The number of rotatable bonds is 2. The molecule has 1 atom stereocenters. The predicted octanol–water partition coefficient (Wildman–Crippen LogP) is 3.25. The zero-order chi connectivity index (χ0) is 9.26. The van der Waals surface area contributed by atoms with Gasteiger partial charge in [0.05, 0.1) is 0 Å². The fourth-order valence-electron chi connectivity index (χ4n) is 1.76. The maximum atomic E-state index is 6.14. The summed E-state index contributed by atoms with van der Waals surface area (Å²) in [5.74, 6) is 0.723. The van der Waals surface area contributed by atoms with Crippen molar-refractivity contribution >= 4 is 15.9 Å². The molecule has 13 heavy (non-hydrogen) atoms. The lowest BCUT2D eigenvalue weighted by Crippen LogP contribution is -2.26. The average molecular weight is 240 g/mol. The summed E-state index contributed by atoms with van der Waals surface area (Å²) in [4.78, 5) is 0. The van der Waals surface area contributed by atoms with Crippen molar-refractivity contribution in [2.45, 2.75) is 25.3 Å². The normalized spacial score (nSPS) is 19.5. The number of nitrogens with two attached hydrogens (primary N) is 1. The summed E-state index contributed by atoms with van der Waals surface area (Å²) in [7, 11) is 0. The van der Waals surface area contributed by atoms with Crippen LogP contribution < -0.4 is 5.73 Å². The van der Waals surface area contributed by atoms with Gasteiger partial charge >= 0.3 is 0 Å². The average Bonchev–Trinajstić information content (AvgIpc) is 2.02. The van der Waals surface area contributed by atoms with Gasteiger partial charge in [0.15, 0.2) is 0 Å². The van der Waals surface area contributed by atoms with Crippen molar-refractivity contribution in [2.75, 3.05) is 0 Å². The molecule has 0 amide bonds. The van der Waals surface area contributed by atoms with Crippen molar-refractivity contribution < 1.29 is 0 Å². The van der Waals surface area contributed by atoms with Crippen molar-refractivity contribution in [3.05, 3.63) is 34.3 Å². The van der Waals surface area contributed by atoms with E-state index in [1.165, 1.54) is 24.8 Å². The van der Waals surface area contributed by atoms with Crippen molar-refractivity contribution in [3.8, 4) is 0 Å². The number of halogens is 1. The van der Waals surface area contributed by atoms with E-state index in [0.29, 0.717) is 0 Å². The van der Waals surface area contributed by atoms with Crippen molar-refractivity contribution in [2.24, 2.45) is 11.7 Å². The first kappa shape index (κ1) is 9.22. The Kier molecular flexibility index (Phi) is 2.70. The van der Waals surface area contributed by atoms with Crippen LogP contribution in [0.25, 0.3) is 0 Å². The zero-order valence-corrected chi connectivity index (χ0v) is 9.13. The minimum atomic E-state index is 0.252. The van der Waals surface area contributed by atoms with Gasteiger partial charge in [0.1, 0.15) is 0 Å². The molecule has 0 saturated heterocycles. The van der Waals surface area contributed by atoms with Crippen LogP contribution in [0.1, 0.15) is 30.9 Å². The maximum absolute atomic E-state index is 6.14. The second kappa shape index (κ2) is 3.81. The van der Waals surface area contributed by atoms with E-state index < -0.39 is 0 Å². The lowest BCUT2D eigenvalue weighted by atomic mass is 9.78. The van der Waals surface area contributed by atoms with Gasteiger partial charge in [-0.05, 0) is 36.5 Å². The summed E-state index contributed by atoms with van der Waals surface area (Å²) in [5, 5.41) is 0. The minimum absolute atomic E-state index is 0.252. The molecule has 0 unspecified atom stereocenters. The predicted molar refractivity (Wildman–Crippen MR) is 58.4 cm³/mol. The molecule has 2 N–H and O–H groups in total. The van der Waals surface area contributed by atoms with Crippen LogP contribution >= 0.6 is 15.9 Å². The highest BCUT2D eigenvalue weighted by Gasteiger charge is 2.25. The molecule has 1 aromatic carbocycles. The Morgan fingerprint density at radius 3 is 2.31 bits per heavy atom. The molecule has 2 rings (SSSR count). The molecule has 0 heterocycles. The third kappa shape index (κ3) is 1.94. The Bertz CT molecular complexity index is 277. The summed E-state index contributed by atoms with van der Waals surface area (Å²) >= 11 is 3.42. The van der Waals surface area contributed by atoms with Gasteiger partial charge in [0.25, 0.3) is 0 Å². The SMILES string of the molecule is N[C@H](c1ccc(Br)cc1)C1CCC1. The van der Waals surface area contributed by atoms with Crippen molar-refractivity contribution in [3.63, 3.8) is 0 Å². The highest BCUT2D eigenvalue weighted by molar-refractivity contribution is 9.10. The Morgan fingerprint density at radius 1 is 1.23 bits per heavy atom. The molecule has 2 heteroatoms. The summed E-state index contributed by atoms with van der Waals surface area (Å²) in [5.41, 5.74) is 7.41. The smallest absolute Gasteiger partial charge is 0.0323 e. The molecule has 0 aliphatic heterocycles. The zero-order valence-electron chi connectivity index (χ0n) is 7.54. The molecule has 1 aromatic rings. The van der Waals surface area contributed by atoms with Gasteiger partial charge in [0.2, 0.25) is 0 Å². The van der Waals surface area contributed by atoms with Crippen LogP contribution in [0.15, 0.2) is 28.7 Å². The van der Waals surface area contributed by atoms with E-state index in [1.54, 1.807) is 0 Å². The fourth-order valence-corrected chi connectivity index (χ4v) is 2.02. The molecule has 1 saturated carbocycles. The van der Waals surface area contributed by atoms with Gasteiger partial charge in [-0.3, -0.25) is 0 Å². The summed E-state index contributed by atoms with van der Waals surface area (Å²) in [6.07, 6.45) is 3.96. The van der Waals surface area contributed by atoms with E-state index in [0.717, 1.165) is 10.4 Å². The Morgan fingerprint density at radius 2 is 1.85 bits per heavy atom. The molecule has 1 nitrogen and oxygen atoms in total. The van der Waals surface area contributed by atoms with E-state index in [2.05, 4.69) is 40.2 Å². The van der Waals surface area contributed by atoms with E-state index >= 15 is 0 Å². The Balaban J connectivity index is 2.10. The monoisotopic (exact) mass is 239 g/mol. The summed E-state index contributed by atoms with van der Waals surface area (Å²) in [6, 6.07) is 8.61. The topological polar surface area (TPSA) is 26.0 Å². The van der Waals surface area contributed by atoms with Crippen LogP contribution in [0, 0.1) is 5.92 Å². The third-order valence-electron chi connectivity index (χ3n) is 2.91. The quantitative estimate of drug-likeness (QED) is 0.843. The molecule has 0 radical (unpaired) electrons. The van der Waals surface area contributed by atoms with Crippen LogP contribution in [0.2, 0.25) is 0 Å². The van der Waals surface area contributed by atoms with Gasteiger partial charge < -0.3 is 5.73 Å². The van der Waals surface area contributed by atoms with Gasteiger partial charge in [0, 0.05) is 10.5 Å². The first-order chi connectivity index (χ1) is 6.27. The Hall–Kier alpha value is -0.340. The van der Waals surface area contributed by atoms with Crippen LogP contribution in [0.5, 0.6) is 0 Å².